The lowest BCUT2D eigenvalue weighted by atomic mass is 10.2. The molecule has 1 heterocycles. The molecule has 0 radical (unpaired) electrons. The fourth-order valence-corrected chi connectivity index (χ4v) is 1.78. The van der Waals surface area contributed by atoms with Crippen molar-refractivity contribution >= 4 is 34.7 Å². The summed E-state index contributed by atoms with van der Waals surface area (Å²) in [5.74, 6) is -0.267. The standard InChI is InChI=1S/C11H8INO4/c12-8-3-1-2-7(4-8)10(14)13-9-5-16-11(15)17-6-9/h1-5H,6H2,(H,13,14). The van der Waals surface area contributed by atoms with Gasteiger partial charge in [-0.2, -0.15) is 0 Å². The number of hydrogen-bond acceptors (Lipinski definition) is 4. The van der Waals surface area contributed by atoms with Crippen LogP contribution in [0.4, 0.5) is 4.79 Å². The number of carbonyl (C=O) groups excluding carboxylic acids is 2. The summed E-state index contributed by atoms with van der Waals surface area (Å²) in [6.07, 6.45) is 0.412. The molecular formula is C11H8INO4. The molecule has 88 valence electrons. The van der Waals surface area contributed by atoms with Gasteiger partial charge in [0.2, 0.25) is 0 Å². The predicted molar refractivity (Wildman–Crippen MR) is 67.1 cm³/mol. The Morgan fingerprint density at radius 1 is 1.41 bits per heavy atom. The summed E-state index contributed by atoms with van der Waals surface area (Å²) >= 11 is 2.12. The van der Waals surface area contributed by atoms with Crippen LogP contribution >= 0.6 is 22.6 Å². The number of benzene rings is 1. The zero-order chi connectivity index (χ0) is 12.3. The molecule has 17 heavy (non-hydrogen) atoms. The highest BCUT2D eigenvalue weighted by Crippen LogP contribution is 2.09. The third kappa shape index (κ3) is 3.19. The molecule has 0 aromatic heterocycles. The van der Waals surface area contributed by atoms with Gasteiger partial charge in [0, 0.05) is 9.13 Å². The van der Waals surface area contributed by atoms with Crippen LogP contribution in [0.3, 0.4) is 0 Å². The Bertz CT molecular complexity index is 498. The zero-order valence-corrected chi connectivity index (χ0v) is 10.8. The van der Waals surface area contributed by atoms with E-state index in [-0.39, 0.29) is 12.5 Å². The summed E-state index contributed by atoms with van der Waals surface area (Å²) in [7, 11) is 0. The van der Waals surface area contributed by atoms with Crippen LogP contribution in [0.5, 0.6) is 0 Å². The van der Waals surface area contributed by atoms with E-state index in [1.54, 1.807) is 18.2 Å². The maximum atomic E-state index is 11.8. The number of hydrogen-bond donors (Lipinski definition) is 1. The van der Waals surface area contributed by atoms with Crippen LogP contribution in [-0.4, -0.2) is 18.7 Å². The molecule has 0 aliphatic carbocycles. The summed E-state index contributed by atoms with van der Waals surface area (Å²) in [4.78, 5) is 22.4. The second-order valence-electron chi connectivity index (χ2n) is 3.26. The van der Waals surface area contributed by atoms with Crippen LogP contribution in [0.15, 0.2) is 36.2 Å². The Hall–Kier alpha value is -1.57. The number of rotatable bonds is 2. The number of halogens is 1. The van der Waals surface area contributed by atoms with Gasteiger partial charge in [0.05, 0.1) is 5.70 Å². The number of nitrogens with one attached hydrogen (secondary N) is 1. The van der Waals surface area contributed by atoms with Gasteiger partial charge in [-0.05, 0) is 40.8 Å². The zero-order valence-electron chi connectivity index (χ0n) is 8.60. The van der Waals surface area contributed by atoms with E-state index in [4.69, 9.17) is 0 Å². The Morgan fingerprint density at radius 3 is 2.88 bits per heavy atom. The number of ether oxygens (including phenoxy) is 2. The molecule has 0 saturated carbocycles. The van der Waals surface area contributed by atoms with Crippen LogP contribution < -0.4 is 5.32 Å². The lowest BCUT2D eigenvalue weighted by Crippen LogP contribution is -2.29. The van der Waals surface area contributed by atoms with Gasteiger partial charge in [0.15, 0.2) is 0 Å². The van der Waals surface area contributed by atoms with Crippen molar-refractivity contribution in [3.8, 4) is 0 Å². The van der Waals surface area contributed by atoms with Crippen molar-refractivity contribution in [1.82, 2.24) is 5.32 Å². The summed E-state index contributed by atoms with van der Waals surface area (Å²) in [5.41, 5.74) is 0.947. The minimum Gasteiger partial charge on any atom is -0.427 e. The first kappa shape index (κ1) is 11.9. The summed E-state index contributed by atoms with van der Waals surface area (Å²) in [5, 5.41) is 2.60. The molecule has 0 bridgehead atoms. The second kappa shape index (κ2) is 5.17. The van der Waals surface area contributed by atoms with Crippen molar-refractivity contribution in [1.29, 1.82) is 0 Å². The molecule has 1 aromatic carbocycles. The van der Waals surface area contributed by atoms with E-state index < -0.39 is 6.16 Å². The van der Waals surface area contributed by atoms with Gasteiger partial charge in [0.25, 0.3) is 5.91 Å². The molecule has 0 fully saturated rings. The molecule has 1 aliphatic heterocycles. The van der Waals surface area contributed by atoms with Crippen molar-refractivity contribution in [2.45, 2.75) is 0 Å². The highest BCUT2D eigenvalue weighted by molar-refractivity contribution is 14.1. The summed E-state index contributed by atoms with van der Waals surface area (Å²) in [6, 6.07) is 7.14. The minimum atomic E-state index is -0.766. The van der Waals surface area contributed by atoms with Gasteiger partial charge in [-0.15, -0.1) is 0 Å². The van der Waals surface area contributed by atoms with E-state index >= 15 is 0 Å². The van der Waals surface area contributed by atoms with Crippen molar-refractivity contribution in [2.75, 3.05) is 6.61 Å². The first-order chi connectivity index (χ1) is 8.15. The van der Waals surface area contributed by atoms with E-state index in [2.05, 4.69) is 37.4 Å². The Morgan fingerprint density at radius 2 is 2.24 bits per heavy atom. The molecule has 0 unspecified atom stereocenters. The molecule has 6 heteroatoms. The third-order valence-electron chi connectivity index (χ3n) is 2.00. The molecule has 1 amide bonds. The molecule has 5 nitrogen and oxygen atoms in total. The topological polar surface area (TPSA) is 64.6 Å². The van der Waals surface area contributed by atoms with E-state index in [1.807, 2.05) is 6.07 Å². The molecule has 0 atom stereocenters. The van der Waals surface area contributed by atoms with Gasteiger partial charge in [0.1, 0.15) is 12.9 Å². The lowest BCUT2D eigenvalue weighted by molar-refractivity contribution is 0.0733. The van der Waals surface area contributed by atoms with Crippen molar-refractivity contribution in [2.24, 2.45) is 0 Å². The highest BCUT2D eigenvalue weighted by atomic mass is 127. The van der Waals surface area contributed by atoms with Crippen molar-refractivity contribution < 1.29 is 19.1 Å². The smallest absolute Gasteiger partial charge is 0.427 e. The average molecular weight is 345 g/mol. The Labute approximate surface area is 111 Å². The molecular weight excluding hydrogens is 337 g/mol. The number of carbonyl (C=O) groups is 2. The molecule has 2 rings (SSSR count). The van der Waals surface area contributed by atoms with E-state index in [9.17, 15) is 9.59 Å². The molecule has 1 aromatic rings. The number of cyclic esters (lactones) is 2. The quantitative estimate of drug-likeness (QED) is 0.658. The van der Waals surface area contributed by atoms with Crippen LogP contribution in [0, 0.1) is 3.57 Å². The molecule has 1 N–H and O–H groups in total. The third-order valence-corrected chi connectivity index (χ3v) is 2.67. The van der Waals surface area contributed by atoms with Gasteiger partial charge in [-0.25, -0.2) is 4.79 Å². The Kier molecular flexibility index (Phi) is 3.62. The Balaban J connectivity index is 2.05. The molecule has 0 saturated heterocycles. The van der Waals surface area contributed by atoms with Crippen LogP contribution in [-0.2, 0) is 9.47 Å². The summed E-state index contributed by atoms with van der Waals surface area (Å²) < 4.78 is 10.1. The monoisotopic (exact) mass is 345 g/mol. The molecule has 1 aliphatic rings. The average Bonchev–Trinajstić information content (AvgIpc) is 2.32. The van der Waals surface area contributed by atoms with Crippen LogP contribution in [0.2, 0.25) is 0 Å². The van der Waals surface area contributed by atoms with Gasteiger partial charge >= 0.3 is 6.16 Å². The maximum Gasteiger partial charge on any atom is 0.513 e. The molecule has 0 spiro atoms. The minimum absolute atomic E-state index is 0.00843. The van der Waals surface area contributed by atoms with Crippen molar-refractivity contribution in [3.63, 3.8) is 0 Å². The normalized spacial score (nSPS) is 14.4. The van der Waals surface area contributed by atoms with Gasteiger partial charge < -0.3 is 14.8 Å². The SMILES string of the molecule is O=C1OC=C(NC(=O)c2cccc(I)c2)CO1. The highest BCUT2D eigenvalue weighted by Gasteiger charge is 2.15. The maximum absolute atomic E-state index is 11.8. The first-order valence-electron chi connectivity index (χ1n) is 4.74. The van der Waals surface area contributed by atoms with Gasteiger partial charge in [-0.3, -0.25) is 4.79 Å². The predicted octanol–water partition coefficient (Wildman–Crippen LogP) is 2.03. The van der Waals surface area contributed by atoms with Gasteiger partial charge in [-0.1, -0.05) is 6.07 Å². The fraction of sp³-hybridized carbons (Fsp3) is 0.0909. The second-order valence-corrected chi connectivity index (χ2v) is 4.51. The van der Waals surface area contributed by atoms with E-state index in [1.165, 1.54) is 6.26 Å². The lowest BCUT2D eigenvalue weighted by Gasteiger charge is -2.14. The van der Waals surface area contributed by atoms with E-state index in [0.717, 1.165) is 3.57 Å². The largest absolute Gasteiger partial charge is 0.513 e. The van der Waals surface area contributed by atoms with Crippen LogP contribution in [0.1, 0.15) is 10.4 Å². The summed E-state index contributed by atoms with van der Waals surface area (Å²) in [6.45, 7) is 0.00843. The number of amides is 1. The van der Waals surface area contributed by atoms with E-state index in [0.29, 0.717) is 11.3 Å². The first-order valence-corrected chi connectivity index (χ1v) is 5.82. The van der Waals surface area contributed by atoms with Crippen molar-refractivity contribution in [3.05, 3.63) is 45.4 Å². The fourth-order valence-electron chi connectivity index (χ4n) is 1.24. The van der Waals surface area contributed by atoms with Crippen LogP contribution in [0.25, 0.3) is 0 Å².